The third kappa shape index (κ3) is 3.24. The molecule has 1 aromatic carbocycles. The van der Waals surface area contributed by atoms with Crippen molar-refractivity contribution < 1.29 is 9.66 Å². The van der Waals surface area contributed by atoms with E-state index in [-0.39, 0.29) is 5.69 Å². The number of pyridine rings is 1. The minimum Gasteiger partial charge on any atom is -0.438 e. The molecule has 0 saturated heterocycles. The summed E-state index contributed by atoms with van der Waals surface area (Å²) in [4.78, 5) is 14.6. The number of benzene rings is 1. The van der Waals surface area contributed by atoms with E-state index in [2.05, 4.69) is 26.2 Å². The summed E-state index contributed by atoms with van der Waals surface area (Å²) in [6, 6.07) is 9.90. The lowest BCUT2D eigenvalue weighted by Gasteiger charge is -2.08. The molecule has 20 heavy (non-hydrogen) atoms. The Morgan fingerprint density at radius 1 is 1.35 bits per heavy atom. The molecule has 2 rings (SSSR count). The van der Waals surface area contributed by atoms with E-state index in [1.807, 2.05) is 13.0 Å². The van der Waals surface area contributed by atoms with Crippen molar-refractivity contribution in [1.82, 2.24) is 4.98 Å². The summed E-state index contributed by atoms with van der Waals surface area (Å²) in [5.41, 5.74) is -0.0506. The topological polar surface area (TPSA) is 77.3 Å². The van der Waals surface area contributed by atoms with E-state index in [4.69, 9.17) is 4.74 Å². The number of aromatic nitrogens is 1. The first kappa shape index (κ1) is 14.3. The second kappa shape index (κ2) is 6.33. The van der Waals surface area contributed by atoms with Gasteiger partial charge in [0.2, 0.25) is 5.88 Å². The Morgan fingerprint density at radius 3 is 2.80 bits per heavy atom. The van der Waals surface area contributed by atoms with Gasteiger partial charge >= 0.3 is 0 Å². The molecule has 7 heteroatoms. The molecule has 0 spiro atoms. The Hall–Kier alpha value is -2.15. The average molecular weight is 338 g/mol. The van der Waals surface area contributed by atoms with Crippen molar-refractivity contribution in [2.24, 2.45) is 0 Å². The number of ether oxygens (including phenoxy) is 1. The smallest absolute Gasteiger partial charge is 0.287 e. The van der Waals surface area contributed by atoms with E-state index in [0.29, 0.717) is 21.9 Å². The van der Waals surface area contributed by atoms with Crippen LogP contribution in [0.15, 0.2) is 40.9 Å². The van der Waals surface area contributed by atoms with Crippen LogP contribution in [0.5, 0.6) is 11.6 Å². The molecule has 0 fully saturated rings. The van der Waals surface area contributed by atoms with Crippen LogP contribution >= 0.6 is 15.9 Å². The Bertz CT molecular complexity index is 634. The molecule has 0 aliphatic heterocycles. The molecular formula is C13H12BrN3O3. The van der Waals surface area contributed by atoms with E-state index in [0.717, 1.165) is 6.54 Å². The molecule has 0 saturated carbocycles. The lowest BCUT2D eigenvalue weighted by atomic mass is 10.3. The molecule has 104 valence electrons. The number of anilines is 1. The fourth-order valence-electron chi connectivity index (χ4n) is 1.58. The van der Waals surface area contributed by atoms with Gasteiger partial charge in [-0.2, -0.15) is 4.98 Å². The van der Waals surface area contributed by atoms with Gasteiger partial charge in [-0.1, -0.05) is 12.1 Å². The predicted molar refractivity (Wildman–Crippen MR) is 79.3 cm³/mol. The van der Waals surface area contributed by atoms with Crippen LogP contribution in [0.1, 0.15) is 6.92 Å². The third-order valence-electron chi connectivity index (χ3n) is 2.44. The van der Waals surface area contributed by atoms with Gasteiger partial charge in [-0.25, -0.2) is 0 Å². The molecule has 1 heterocycles. The zero-order valence-electron chi connectivity index (χ0n) is 10.7. The van der Waals surface area contributed by atoms with Gasteiger partial charge in [-0.3, -0.25) is 10.1 Å². The van der Waals surface area contributed by atoms with Gasteiger partial charge in [-0.15, -0.1) is 0 Å². The first-order valence-corrected chi connectivity index (χ1v) is 6.72. The number of nitrogens with zero attached hydrogens (tertiary/aromatic N) is 2. The summed E-state index contributed by atoms with van der Waals surface area (Å²) in [6.07, 6.45) is 0. The fourth-order valence-corrected chi connectivity index (χ4v) is 2.07. The minimum absolute atomic E-state index is 0.0506. The van der Waals surface area contributed by atoms with Gasteiger partial charge in [0.25, 0.3) is 5.69 Å². The number of nitrogens with one attached hydrogen (secondary N) is 1. The van der Waals surface area contributed by atoms with Crippen LogP contribution in [0.3, 0.4) is 0 Å². The van der Waals surface area contributed by atoms with Crippen molar-refractivity contribution in [2.45, 2.75) is 6.92 Å². The van der Waals surface area contributed by atoms with Gasteiger partial charge in [0, 0.05) is 18.7 Å². The molecule has 0 atom stereocenters. The minimum atomic E-state index is -0.473. The fraction of sp³-hybridized carbons (Fsp3) is 0.154. The molecule has 6 nitrogen and oxygen atoms in total. The summed E-state index contributed by atoms with van der Waals surface area (Å²) < 4.78 is 5.88. The van der Waals surface area contributed by atoms with Crippen LogP contribution in [0.2, 0.25) is 0 Å². The number of nitro groups is 1. The van der Waals surface area contributed by atoms with Crippen molar-refractivity contribution in [3.05, 3.63) is 51.0 Å². The summed E-state index contributed by atoms with van der Waals surface area (Å²) in [5, 5.41) is 13.9. The summed E-state index contributed by atoms with van der Waals surface area (Å²) in [7, 11) is 0. The lowest BCUT2D eigenvalue weighted by molar-refractivity contribution is -0.385. The van der Waals surface area contributed by atoms with Crippen LogP contribution < -0.4 is 10.1 Å². The molecule has 0 aliphatic carbocycles. The molecule has 0 unspecified atom stereocenters. The monoisotopic (exact) mass is 337 g/mol. The van der Waals surface area contributed by atoms with Crippen molar-refractivity contribution in [2.75, 3.05) is 11.9 Å². The Morgan fingerprint density at radius 2 is 2.10 bits per heavy atom. The maximum absolute atomic E-state index is 10.9. The maximum atomic E-state index is 10.9. The zero-order valence-corrected chi connectivity index (χ0v) is 12.3. The van der Waals surface area contributed by atoms with Crippen LogP contribution in [0.25, 0.3) is 0 Å². The number of halogens is 1. The van der Waals surface area contributed by atoms with Crippen LogP contribution in [-0.2, 0) is 0 Å². The number of hydrogen-bond acceptors (Lipinski definition) is 5. The number of nitro benzene ring substituents is 1. The van der Waals surface area contributed by atoms with E-state index in [1.165, 1.54) is 6.07 Å². The van der Waals surface area contributed by atoms with E-state index in [9.17, 15) is 10.1 Å². The zero-order chi connectivity index (χ0) is 14.5. The second-order valence-corrected chi connectivity index (χ2v) is 4.63. The molecule has 0 bridgehead atoms. The van der Waals surface area contributed by atoms with Crippen molar-refractivity contribution in [3.63, 3.8) is 0 Å². The number of hydrogen-bond donors (Lipinski definition) is 1. The lowest BCUT2D eigenvalue weighted by Crippen LogP contribution is -2.00. The van der Waals surface area contributed by atoms with E-state index >= 15 is 0 Å². The van der Waals surface area contributed by atoms with Gasteiger partial charge in [0.15, 0.2) is 5.75 Å². The highest BCUT2D eigenvalue weighted by molar-refractivity contribution is 9.10. The standard InChI is InChI=1S/C13H12BrN3O3/c1-2-15-11-7-4-8-12(16-11)20-10-6-3-5-9(13(10)14)17(18)19/h3-8H,2H2,1H3,(H,15,16). The van der Waals surface area contributed by atoms with Crippen LogP contribution in [0, 0.1) is 10.1 Å². The first-order valence-electron chi connectivity index (χ1n) is 5.93. The molecule has 0 amide bonds. The molecule has 1 N–H and O–H groups in total. The van der Waals surface area contributed by atoms with E-state index in [1.54, 1.807) is 24.3 Å². The molecule has 1 aromatic heterocycles. The molecule has 0 aliphatic rings. The first-order chi connectivity index (χ1) is 9.61. The Kier molecular flexibility index (Phi) is 4.52. The van der Waals surface area contributed by atoms with Crippen molar-refractivity contribution in [1.29, 1.82) is 0 Å². The Balaban J connectivity index is 2.28. The normalized spacial score (nSPS) is 10.1. The summed E-state index contributed by atoms with van der Waals surface area (Å²) >= 11 is 3.18. The predicted octanol–water partition coefficient (Wildman–Crippen LogP) is 3.98. The van der Waals surface area contributed by atoms with Crippen molar-refractivity contribution in [3.8, 4) is 11.6 Å². The molecule has 0 radical (unpaired) electrons. The quantitative estimate of drug-likeness (QED) is 0.659. The van der Waals surface area contributed by atoms with Crippen LogP contribution in [-0.4, -0.2) is 16.5 Å². The Labute approximate surface area is 124 Å². The SMILES string of the molecule is CCNc1cccc(Oc2cccc([N+](=O)[O-])c2Br)n1. The average Bonchev–Trinajstić information content (AvgIpc) is 2.42. The van der Waals surface area contributed by atoms with E-state index < -0.39 is 4.92 Å². The summed E-state index contributed by atoms with van der Waals surface area (Å²) in [6.45, 7) is 2.71. The molecule has 2 aromatic rings. The van der Waals surface area contributed by atoms with Gasteiger partial charge in [0.1, 0.15) is 10.3 Å². The molecular weight excluding hydrogens is 326 g/mol. The van der Waals surface area contributed by atoms with Gasteiger partial charge in [-0.05, 0) is 35.0 Å². The second-order valence-electron chi connectivity index (χ2n) is 3.84. The van der Waals surface area contributed by atoms with Gasteiger partial charge in [0.05, 0.1) is 4.92 Å². The largest absolute Gasteiger partial charge is 0.438 e. The third-order valence-corrected chi connectivity index (χ3v) is 3.23. The summed E-state index contributed by atoms with van der Waals surface area (Å²) in [5.74, 6) is 1.40. The highest BCUT2D eigenvalue weighted by Crippen LogP contribution is 2.36. The highest BCUT2D eigenvalue weighted by Gasteiger charge is 2.16. The highest BCUT2D eigenvalue weighted by atomic mass is 79.9. The van der Waals surface area contributed by atoms with Crippen LogP contribution in [0.4, 0.5) is 11.5 Å². The van der Waals surface area contributed by atoms with Crippen molar-refractivity contribution >= 4 is 27.4 Å². The number of rotatable bonds is 5. The van der Waals surface area contributed by atoms with Gasteiger partial charge < -0.3 is 10.1 Å². The maximum Gasteiger partial charge on any atom is 0.287 e.